The van der Waals surface area contributed by atoms with Gasteiger partial charge in [0.05, 0.1) is 6.61 Å². The van der Waals surface area contributed by atoms with Gasteiger partial charge in [-0.05, 0) is 38.0 Å². The molecule has 0 atom stereocenters. The van der Waals surface area contributed by atoms with E-state index in [0.29, 0.717) is 38.2 Å². The molecule has 0 aromatic heterocycles. The van der Waals surface area contributed by atoms with Gasteiger partial charge in [0, 0.05) is 44.7 Å². The Morgan fingerprint density at radius 2 is 2.00 bits per heavy atom. The summed E-state index contributed by atoms with van der Waals surface area (Å²) < 4.78 is 18.2. The lowest BCUT2D eigenvalue weighted by molar-refractivity contribution is -0.132. The zero-order valence-corrected chi connectivity index (χ0v) is 15.7. The lowest BCUT2D eigenvalue weighted by atomic mass is 10.0. The first kappa shape index (κ1) is 20.7. The van der Waals surface area contributed by atoms with Crippen LogP contribution in [-0.2, 0) is 14.3 Å². The topological polar surface area (TPSA) is 79.0 Å². The second-order valence-corrected chi connectivity index (χ2v) is 6.44. The Kier molecular flexibility index (Phi) is 7.57. The number of ether oxygens (including phenoxy) is 1. The van der Waals surface area contributed by atoms with Gasteiger partial charge in [0.2, 0.25) is 11.8 Å². The average molecular weight is 379 g/mol. The second kappa shape index (κ2) is 9.89. The van der Waals surface area contributed by atoms with Crippen LogP contribution < -0.4 is 5.32 Å². The highest BCUT2D eigenvalue weighted by atomic mass is 19.1. The standard InChI is InChI=1S/C19H26FN3O4/c1-3-27-19(26)22-10-7-17(8-11-22)23(14(2)24)12-9-18(25)21-16-6-4-5-15(20)13-16/h4-6,13,17H,3,7-12H2,1-2H3,(H,21,25). The van der Waals surface area contributed by atoms with E-state index in [1.54, 1.807) is 22.8 Å². The molecule has 2 rings (SSSR count). The Balaban J connectivity index is 1.84. The molecule has 1 aromatic rings. The Morgan fingerprint density at radius 1 is 1.30 bits per heavy atom. The molecule has 1 aliphatic heterocycles. The molecule has 8 heteroatoms. The van der Waals surface area contributed by atoms with Gasteiger partial charge in [-0.3, -0.25) is 9.59 Å². The van der Waals surface area contributed by atoms with Crippen LogP contribution >= 0.6 is 0 Å². The molecule has 1 saturated heterocycles. The van der Waals surface area contributed by atoms with Gasteiger partial charge in [-0.25, -0.2) is 9.18 Å². The van der Waals surface area contributed by atoms with Crippen LogP contribution in [0.15, 0.2) is 24.3 Å². The van der Waals surface area contributed by atoms with Crippen molar-refractivity contribution in [3.63, 3.8) is 0 Å². The summed E-state index contributed by atoms with van der Waals surface area (Å²) in [6.07, 6.45) is 1.07. The summed E-state index contributed by atoms with van der Waals surface area (Å²) >= 11 is 0. The molecule has 1 N–H and O–H groups in total. The molecule has 1 heterocycles. The predicted molar refractivity (Wildman–Crippen MR) is 98.7 cm³/mol. The van der Waals surface area contributed by atoms with Crippen LogP contribution in [0.5, 0.6) is 0 Å². The summed E-state index contributed by atoms with van der Waals surface area (Å²) in [6.45, 7) is 4.88. The second-order valence-electron chi connectivity index (χ2n) is 6.44. The molecule has 0 saturated carbocycles. The number of amides is 3. The number of halogens is 1. The summed E-state index contributed by atoms with van der Waals surface area (Å²) in [5.41, 5.74) is 0.386. The minimum atomic E-state index is -0.425. The van der Waals surface area contributed by atoms with Crippen LogP contribution in [0.2, 0.25) is 0 Å². The van der Waals surface area contributed by atoms with Crippen molar-refractivity contribution >= 4 is 23.6 Å². The number of carbonyl (C=O) groups is 3. The van der Waals surface area contributed by atoms with Crippen molar-refractivity contribution in [3.8, 4) is 0 Å². The highest BCUT2D eigenvalue weighted by molar-refractivity contribution is 5.91. The van der Waals surface area contributed by atoms with E-state index in [4.69, 9.17) is 4.74 Å². The maximum Gasteiger partial charge on any atom is 0.409 e. The largest absolute Gasteiger partial charge is 0.450 e. The number of nitrogens with one attached hydrogen (secondary N) is 1. The molecule has 1 aliphatic rings. The van der Waals surface area contributed by atoms with Gasteiger partial charge in [0.25, 0.3) is 0 Å². The molecule has 27 heavy (non-hydrogen) atoms. The van der Waals surface area contributed by atoms with Crippen molar-refractivity contribution in [2.24, 2.45) is 0 Å². The number of hydrogen-bond donors (Lipinski definition) is 1. The molecule has 0 spiro atoms. The quantitative estimate of drug-likeness (QED) is 0.824. The van der Waals surface area contributed by atoms with Crippen LogP contribution in [0.4, 0.5) is 14.9 Å². The molecular weight excluding hydrogens is 353 g/mol. The van der Waals surface area contributed by atoms with Crippen molar-refractivity contribution in [2.45, 2.75) is 39.2 Å². The molecule has 3 amide bonds. The molecule has 0 unspecified atom stereocenters. The maximum absolute atomic E-state index is 13.2. The van der Waals surface area contributed by atoms with Gasteiger partial charge < -0.3 is 19.9 Å². The first-order valence-electron chi connectivity index (χ1n) is 9.15. The van der Waals surface area contributed by atoms with Crippen molar-refractivity contribution < 1.29 is 23.5 Å². The molecule has 0 radical (unpaired) electrons. The first-order valence-corrected chi connectivity index (χ1v) is 9.15. The summed E-state index contributed by atoms with van der Waals surface area (Å²) in [4.78, 5) is 39.2. The Hall–Kier alpha value is -2.64. The van der Waals surface area contributed by atoms with Gasteiger partial charge in [-0.1, -0.05) is 6.07 Å². The van der Waals surface area contributed by atoms with Crippen LogP contribution in [0.3, 0.4) is 0 Å². The van der Waals surface area contributed by atoms with E-state index >= 15 is 0 Å². The van der Waals surface area contributed by atoms with Crippen LogP contribution in [0.25, 0.3) is 0 Å². The van der Waals surface area contributed by atoms with E-state index in [2.05, 4.69) is 5.32 Å². The number of piperidine rings is 1. The fourth-order valence-corrected chi connectivity index (χ4v) is 3.18. The molecule has 0 aliphatic carbocycles. The van der Waals surface area contributed by atoms with Gasteiger partial charge in [0.1, 0.15) is 5.82 Å². The SMILES string of the molecule is CCOC(=O)N1CCC(N(CCC(=O)Nc2cccc(F)c2)C(C)=O)CC1. The third-order valence-electron chi connectivity index (χ3n) is 4.52. The minimum Gasteiger partial charge on any atom is -0.450 e. The summed E-state index contributed by atoms with van der Waals surface area (Å²) in [7, 11) is 0. The smallest absolute Gasteiger partial charge is 0.409 e. The third-order valence-corrected chi connectivity index (χ3v) is 4.52. The molecule has 1 aromatic carbocycles. The van der Waals surface area contributed by atoms with Crippen molar-refractivity contribution in [1.82, 2.24) is 9.80 Å². The van der Waals surface area contributed by atoms with E-state index in [9.17, 15) is 18.8 Å². The lowest BCUT2D eigenvalue weighted by Crippen LogP contribution is -2.49. The number of carbonyl (C=O) groups excluding carboxylic acids is 3. The lowest BCUT2D eigenvalue weighted by Gasteiger charge is -2.37. The number of likely N-dealkylation sites (tertiary alicyclic amines) is 1. The van der Waals surface area contributed by atoms with E-state index in [1.807, 2.05) is 0 Å². The normalized spacial score (nSPS) is 14.6. The Bertz CT molecular complexity index is 675. The van der Waals surface area contributed by atoms with Crippen LogP contribution in [-0.4, -0.2) is 60.0 Å². The first-order chi connectivity index (χ1) is 12.9. The summed E-state index contributed by atoms with van der Waals surface area (Å²) in [5.74, 6) is -0.814. The maximum atomic E-state index is 13.2. The van der Waals surface area contributed by atoms with E-state index in [-0.39, 0.29) is 36.9 Å². The monoisotopic (exact) mass is 379 g/mol. The number of nitrogens with zero attached hydrogens (tertiary/aromatic N) is 2. The highest BCUT2D eigenvalue weighted by Gasteiger charge is 2.29. The Labute approximate surface area is 158 Å². The Morgan fingerprint density at radius 3 is 2.59 bits per heavy atom. The number of rotatable bonds is 6. The fourth-order valence-electron chi connectivity index (χ4n) is 3.18. The van der Waals surface area contributed by atoms with Crippen molar-refractivity contribution in [1.29, 1.82) is 0 Å². The fraction of sp³-hybridized carbons (Fsp3) is 0.526. The van der Waals surface area contributed by atoms with Gasteiger partial charge in [-0.15, -0.1) is 0 Å². The van der Waals surface area contributed by atoms with Gasteiger partial charge in [-0.2, -0.15) is 0 Å². The molecule has 7 nitrogen and oxygen atoms in total. The average Bonchev–Trinajstić information content (AvgIpc) is 2.62. The summed E-state index contributed by atoms with van der Waals surface area (Å²) in [5, 5.41) is 2.63. The molecule has 1 fully saturated rings. The minimum absolute atomic E-state index is 0.0184. The van der Waals surface area contributed by atoms with E-state index in [0.717, 1.165) is 0 Å². The van der Waals surface area contributed by atoms with Gasteiger partial charge in [0.15, 0.2) is 0 Å². The number of anilines is 1. The highest BCUT2D eigenvalue weighted by Crippen LogP contribution is 2.18. The van der Waals surface area contributed by atoms with Crippen LogP contribution in [0, 0.1) is 5.82 Å². The number of benzene rings is 1. The predicted octanol–water partition coefficient (Wildman–Crippen LogP) is 2.62. The van der Waals surface area contributed by atoms with Crippen molar-refractivity contribution in [3.05, 3.63) is 30.1 Å². The van der Waals surface area contributed by atoms with Crippen LogP contribution in [0.1, 0.15) is 33.1 Å². The van der Waals surface area contributed by atoms with Crippen molar-refractivity contribution in [2.75, 3.05) is 31.6 Å². The zero-order valence-electron chi connectivity index (χ0n) is 15.7. The summed E-state index contributed by atoms with van der Waals surface area (Å²) in [6, 6.07) is 5.65. The zero-order chi connectivity index (χ0) is 19.8. The molecule has 0 bridgehead atoms. The van der Waals surface area contributed by atoms with E-state index in [1.165, 1.54) is 25.1 Å². The van der Waals surface area contributed by atoms with E-state index < -0.39 is 5.82 Å². The number of hydrogen-bond acceptors (Lipinski definition) is 4. The molecular formula is C19H26FN3O4. The van der Waals surface area contributed by atoms with Gasteiger partial charge >= 0.3 is 6.09 Å². The third kappa shape index (κ3) is 6.23. The molecule has 148 valence electrons.